The molecule has 0 aromatic heterocycles. The summed E-state index contributed by atoms with van der Waals surface area (Å²) >= 11 is 0. The molecule has 1 heterocycles. The van der Waals surface area contributed by atoms with E-state index in [2.05, 4.69) is 5.32 Å². The second-order valence-corrected chi connectivity index (χ2v) is 5.79. The lowest BCUT2D eigenvalue weighted by Crippen LogP contribution is -2.44. The molecule has 1 aliphatic rings. The molecular weight excluding hydrogens is 304 g/mol. The quantitative estimate of drug-likeness (QED) is 0.941. The summed E-state index contributed by atoms with van der Waals surface area (Å²) < 4.78 is 5.64. The standard InChI is InChI=1S/C19H20N2O3/c1-4-21-16-11-14(9-10-17(16)24-13(3)19(21)23)20-18(22)15-8-6-5-7-12(15)2/h5-11,13H,4H2,1-3H3,(H,20,22). The number of likely N-dealkylation sites (N-methyl/N-ethyl adjacent to an activating group) is 1. The maximum Gasteiger partial charge on any atom is 0.267 e. The Morgan fingerprint density at radius 1 is 1.25 bits per heavy atom. The van der Waals surface area contributed by atoms with Crippen LogP contribution in [-0.4, -0.2) is 24.5 Å². The Labute approximate surface area is 141 Å². The van der Waals surface area contributed by atoms with Crippen molar-refractivity contribution in [2.75, 3.05) is 16.8 Å². The normalized spacial score (nSPS) is 16.4. The Balaban J connectivity index is 1.89. The molecule has 5 heteroatoms. The van der Waals surface area contributed by atoms with Crippen molar-refractivity contribution in [3.8, 4) is 5.75 Å². The maximum atomic E-state index is 12.4. The molecule has 3 rings (SSSR count). The lowest BCUT2D eigenvalue weighted by atomic mass is 10.1. The molecule has 124 valence electrons. The van der Waals surface area contributed by atoms with Gasteiger partial charge < -0.3 is 15.0 Å². The molecular formula is C19H20N2O3. The fraction of sp³-hybridized carbons (Fsp3) is 0.263. The zero-order valence-electron chi connectivity index (χ0n) is 14.0. The molecule has 1 N–H and O–H groups in total. The van der Waals surface area contributed by atoms with Crippen molar-refractivity contribution < 1.29 is 14.3 Å². The Kier molecular flexibility index (Phi) is 4.25. The van der Waals surface area contributed by atoms with Gasteiger partial charge in [0.25, 0.3) is 11.8 Å². The van der Waals surface area contributed by atoms with Crippen LogP contribution in [0.1, 0.15) is 29.8 Å². The van der Waals surface area contributed by atoms with Crippen LogP contribution in [0.4, 0.5) is 11.4 Å². The number of aryl methyl sites for hydroxylation is 1. The van der Waals surface area contributed by atoms with Crippen molar-refractivity contribution >= 4 is 23.2 Å². The number of nitrogens with zero attached hydrogens (tertiary/aromatic N) is 1. The summed E-state index contributed by atoms with van der Waals surface area (Å²) in [5, 5.41) is 2.89. The first kappa shape index (κ1) is 16.1. The first-order valence-electron chi connectivity index (χ1n) is 8.00. The summed E-state index contributed by atoms with van der Waals surface area (Å²) in [5.41, 5.74) is 2.86. The molecule has 5 nitrogen and oxygen atoms in total. The molecule has 0 spiro atoms. The van der Waals surface area contributed by atoms with Crippen LogP contribution in [0, 0.1) is 6.92 Å². The lowest BCUT2D eigenvalue weighted by Gasteiger charge is -2.32. The first-order valence-corrected chi connectivity index (χ1v) is 8.00. The summed E-state index contributed by atoms with van der Waals surface area (Å²) in [6.45, 7) is 6.10. The fourth-order valence-electron chi connectivity index (χ4n) is 2.84. The van der Waals surface area contributed by atoms with Gasteiger partial charge in [0.1, 0.15) is 5.75 Å². The molecule has 2 aromatic carbocycles. The van der Waals surface area contributed by atoms with E-state index in [1.807, 2.05) is 32.0 Å². The van der Waals surface area contributed by atoms with E-state index >= 15 is 0 Å². The molecule has 0 saturated heterocycles. The largest absolute Gasteiger partial charge is 0.479 e. The highest BCUT2D eigenvalue weighted by molar-refractivity contribution is 6.06. The third kappa shape index (κ3) is 2.85. The average Bonchev–Trinajstić information content (AvgIpc) is 2.57. The average molecular weight is 324 g/mol. The smallest absolute Gasteiger partial charge is 0.267 e. The van der Waals surface area contributed by atoms with E-state index in [1.165, 1.54) is 0 Å². The summed E-state index contributed by atoms with van der Waals surface area (Å²) in [4.78, 5) is 26.4. The minimum atomic E-state index is -0.496. The number of fused-ring (bicyclic) bond motifs is 1. The monoisotopic (exact) mass is 324 g/mol. The predicted molar refractivity (Wildman–Crippen MR) is 93.7 cm³/mol. The number of carbonyl (C=O) groups excluding carboxylic acids is 2. The van der Waals surface area contributed by atoms with Gasteiger partial charge in [-0.25, -0.2) is 0 Å². The van der Waals surface area contributed by atoms with Gasteiger partial charge in [-0.05, 0) is 50.6 Å². The van der Waals surface area contributed by atoms with Crippen molar-refractivity contribution in [1.82, 2.24) is 0 Å². The van der Waals surface area contributed by atoms with Crippen LogP contribution in [0.5, 0.6) is 5.75 Å². The topological polar surface area (TPSA) is 58.6 Å². The molecule has 0 aliphatic carbocycles. The second-order valence-electron chi connectivity index (χ2n) is 5.79. The highest BCUT2D eigenvalue weighted by atomic mass is 16.5. The van der Waals surface area contributed by atoms with Gasteiger partial charge in [-0.1, -0.05) is 18.2 Å². The number of amides is 2. The van der Waals surface area contributed by atoms with Crippen LogP contribution in [0.3, 0.4) is 0 Å². The van der Waals surface area contributed by atoms with E-state index in [1.54, 1.807) is 36.1 Å². The van der Waals surface area contributed by atoms with Crippen molar-refractivity contribution in [2.24, 2.45) is 0 Å². The maximum absolute atomic E-state index is 12.4. The number of anilines is 2. The number of rotatable bonds is 3. The van der Waals surface area contributed by atoms with Crippen LogP contribution in [0.15, 0.2) is 42.5 Å². The third-order valence-corrected chi connectivity index (χ3v) is 4.13. The number of benzene rings is 2. The third-order valence-electron chi connectivity index (χ3n) is 4.13. The van der Waals surface area contributed by atoms with E-state index in [9.17, 15) is 9.59 Å². The number of carbonyl (C=O) groups is 2. The van der Waals surface area contributed by atoms with Gasteiger partial charge in [-0.3, -0.25) is 9.59 Å². The molecule has 0 saturated carbocycles. The van der Waals surface area contributed by atoms with Gasteiger partial charge in [0.05, 0.1) is 5.69 Å². The van der Waals surface area contributed by atoms with E-state index in [0.29, 0.717) is 29.2 Å². The van der Waals surface area contributed by atoms with Crippen molar-refractivity contribution in [3.05, 3.63) is 53.6 Å². The van der Waals surface area contributed by atoms with E-state index in [-0.39, 0.29) is 11.8 Å². The van der Waals surface area contributed by atoms with Gasteiger partial charge in [0, 0.05) is 17.8 Å². The zero-order chi connectivity index (χ0) is 17.3. The summed E-state index contributed by atoms with van der Waals surface area (Å²) in [6, 6.07) is 12.8. The number of nitrogens with one attached hydrogen (secondary N) is 1. The second kappa shape index (κ2) is 6.35. The van der Waals surface area contributed by atoms with Crippen LogP contribution < -0.4 is 15.0 Å². The molecule has 0 bridgehead atoms. The van der Waals surface area contributed by atoms with Crippen molar-refractivity contribution in [2.45, 2.75) is 26.9 Å². The van der Waals surface area contributed by atoms with Crippen LogP contribution >= 0.6 is 0 Å². The molecule has 0 fully saturated rings. The highest BCUT2D eigenvalue weighted by Gasteiger charge is 2.30. The zero-order valence-corrected chi connectivity index (χ0v) is 14.0. The minimum absolute atomic E-state index is 0.0765. The van der Waals surface area contributed by atoms with Gasteiger partial charge in [0.15, 0.2) is 6.10 Å². The van der Waals surface area contributed by atoms with Crippen LogP contribution in [-0.2, 0) is 4.79 Å². The Bertz CT molecular complexity index is 801. The summed E-state index contributed by atoms with van der Waals surface area (Å²) in [7, 11) is 0. The van der Waals surface area contributed by atoms with Gasteiger partial charge >= 0.3 is 0 Å². The molecule has 0 radical (unpaired) electrons. The predicted octanol–water partition coefficient (Wildman–Crippen LogP) is 3.38. The molecule has 24 heavy (non-hydrogen) atoms. The number of hydrogen-bond acceptors (Lipinski definition) is 3. The Morgan fingerprint density at radius 2 is 2.00 bits per heavy atom. The molecule has 2 amide bonds. The summed E-state index contributed by atoms with van der Waals surface area (Å²) in [5.74, 6) is 0.401. The minimum Gasteiger partial charge on any atom is -0.479 e. The SMILES string of the molecule is CCN1C(=O)C(C)Oc2ccc(NC(=O)c3ccccc3C)cc21. The van der Waals surface area contributed by atoms with E-state index in [0.717, 1.165) is 5.56 Å². The molecule has 1 aliphatic heterocycles. The van der Waals surface area contributed by atoms with Crippen molar-refractivity contribution in [1.29, 1.82) is 0 Å². The molecule has 1 unspecified atom stereocenters. The van der Waals surface area contributed by atoms with Gasteiger partial charge in [0.2, 0.25) is 0 Å². The Hall–Kier alpha value is -2.82. The first-order chi connectivity index (χ1) is 11.5. The Morgan fingerprint density at radius 3 is 2.71 bits per heavy atom. The van der Waals surface area contributed by atoms with E-state index in [4.69, 9.17) is 4.74 Å². The molecule has 1 atom stereocenters. The summed E-state index contributed by atoms with van der Waals surface area (Å²) in [6.07, 6.45) is -0.496. The molecule has 2 aromatic rings. The van der Waals surface area contributed by atoms with Gasteiger partial charge in [-0.2, -0.15) is 0 Å². The van der Waals surface area contributed by atoms with E-state index < -0.39 is 6.10 Å². The fourth-order valence-corrected chi connectivity index (χ4v) is 2.84. The number of ether oxygens (including phenoxy) is 1. The van der Waals surface area contributed by atoms with Gasteiger partial charge in [-0.15, -0.1) is 0 Å². The highest BCUT2D eigenvalue weighted by Crippen LogP contribution is 2.36. The van der Waals surface area contributed by atoms with Crippen LogP contribution in [0.25, 0.3) is 0 Å². The van der Waals surface area contributed by atoms with Crippen molar-refractivity contribution in [3.63, 3.8) is 0 Å². The lowest BCUT2D eigenvalue weighted by molar-refractivity contribution is -0.125. The van der Waals surface area contributed by atoms with Crippen LogP contribution in [0.2, 0.25) is 0 Å². The number of hydrogen-bond donors (Lipinski definition) is 1.